The molecule has 2 nitrogen and oxygen atoms in total. The zero-order valence-corrected chi connectivity index (χ0v) is 12.6. The van der Waals surface area contributed by atoms with Gasteiger partial charge in [0.25, 0.3) is 5.91 Å². The van der Waals surface area contributed by atoms with Gasteiger partial charge in [0.15, 0.2) is 0 Å². The topological polar surface area (TPSA) is 29.1 Å². The number of rotatable bonds is 3. The summed E-state index contributed by atoms with van der Waals surface area (Å²) < 4.78 is 0. The molecule has 1 N–H and O–H groups in total. The van der Waals surface area contributed by atoms with Crippen molar-refractivity contribution in [3.63, 3.8) is 0 Å². The van der Waals surface area contributed by atoms with E-state index < -0.39 is 0 Å². The number of carbonyl (C=O) groups is 1. The van der Waals surface area contributed by atoms with Crippen LogP contribution < -0.4 is 5.32 Å². The highest BCUT2D eigenvalue weighted by Gasteiger charge is 2.26. The van der Waals surface area contributed by atoms with Gasteiger partial charge in [0.1, 0.15) is 0 Å². The molecule has 4 heteroatoms. The van der Waals surface area contributed by atoms with Gasteiger partial charge in [-0.15, -0.1) is 11.6 Å². The number of alkyl halides is 1. The Balaban J connectivity index is 2.07. The Morgan fingerprint density at radius 1 is 1.32 bits per heavy atom. The summed E-state index contributed by atoms with van der Waals surface area (Å²) in [6.45, 7) is 1.94. The highest BCUT2D eigenvalue weighted by atomic mass is 35.5. The van der Waals surface area contributed by atoms with Gasteiger partial charge in [0.05, 0.1) is 0 Å². The Bertz CT molecular complexity index is 441. The molecule has 0 spiro atoms. The molecule has 1 amide bonds. The molecule has 0 bridgehead atoms. The predicted octanol–water partition coefficient (Wildman–Crippen LogP) is 4.18. The van der Waals surface area contributed by atoms with E-state index in [0.717, 1.165) is 24.8 Å². The lowest BCUT2D eigenvalue weighted by atomic mass is 9.85. The molecule has 1 aromatic rings. The smallest absolute Gasteiger partial charge is 0.251 e. The van der Waals surface area contributed by atoms with E-state index in [1.54, 1.807) is 6.07 Å². The van der Waals surface area contributed by atoms with Crippen LogP contribution in [0, 0.1) is 12.8 Å². The van der Waals surface area contributed by atoms with Gasteiger partial charge in [0.2, 0.25) is 0 Å². The molecular formula is C15H19Cl2NO. The first-order chi connectivity index (χ1) is 9.10. The molecule has 2 atom stereocenters. The van der Waals surface area contributed by atoms with E-state index in [4.69, 9.17) is 23.2 Å². The molecule has 0 aliphatic heterocycles. The van der Waals surface area contributed by atoms with Crippen molar-refractivity contribution >= 4 is 29.1 Å². The Kier molecular flexibility index (Phi) is 5.12. The Labute approximate surface area is 124 Å². The van der Waals surface area contributed by atoms with Gasteiger partial charge in [-0.25, -0.2) is 0 Å². The van der Waals surface area contributed by atoms with Crippen molar-refractivity contribution in [3.05, 3.63) is 34.3 Å². The Morgan fingerprint density at radius 2 is 2.05 bits per heavy atom. The van der Waals surface area contributed by atoms with Gasteiger partial charge < -0.3 is 5.32 Å². The average Bonchev–Trinajstić information content (AvgIpc) is 2.38. The molecule has 1 aromatic carbocycles. The fourth-order valence-corrected chi connectivity index (χ4v) is 3.36. The molecule has 0 aromatic heterocycles. The van der Waals surface area contributed by atoms with Crippen LogP contribution in [0.4, 0.5) is 0 Å². The summed E-state index contributed by atoms with van der Waals surface area (Å²) in [4.78, 5) is 12.3. The zero-order valence-electron chi connectivity index (χ0n) is 11.1. The summed E-state index contributed by atoms with van der Waals surface area (Å²) in [5.41, 5.74) is 1.62. The van der Waals surface area contributed by atoms with Crippen LogP contribution in [0.3, 0.4) is 0 Å². The average molecular weight is 300 g/mol. The highest BCUT2D eigenvalue weighted by Crippen LogP contribution is 2.26. The van der Waals surface area contributed by atoms with Crippen molar-refractivity contribution in [1.82, 2.24) is 5.32 Å². The van der Waals surface area contributed by atoms with Gasteiger partial charge in [-0.3, -0.25) is 4.79 Å². The normalized spacial score (nSPS) is 23.1. The van der Waals surface area contributed by atoms with Crippen LogP contribution >= 0.6 is 23.2 Å². The summed E-state index contributed by atoms with van der Waals surface area (Å²) in [5.74, 6) is 0.951. The number of nitrogens with one attached hydrogen (secondary N) is 1. The zero-order chi connectivity index (χ0) is 13.8. The first-order valence-corrected chi connectivity index (χ1v) is 7.65. The number of hydrogen-bond donors (Lipinski definition) is 1. The third-order valence-electron chi connectivity index (χ3n) is 3.73. The number of carbonyl (C=O) groups excluding carboxylic acids is 1. The van der Waals surface area contributed by atoms with Gasteiger partial charge in [-0.2, -0.15) is 0 Å². The Morgan fingerprint density at radius 3 is 2.74 bits per heavy atom. The first kappa shape index (κ1) is 14.7. The second-order valence-corrected chi connectivity index (χ2v) is 6.04. The second-order valence-electron chi connectivity index (χ2n) is 5.30. The van der Waals surface area contributed by atoms with Crippen molar-refractivity contribution in [2.75, 3.05) is 5.88 Å². The fraction of sp³-hybridized carbons (Fsp3) is 0.533. The monoisotopic (exact) mass is 299 g/mol. The van der Waals surface area contributed by atoms with E-state index >= 15 is 0 Å². The van der Waals surface area contributed by atoms with Crippen LogP contribution in [0.5, 0.6) is 0 Å². The lowest BCUT2D eigenvalue weighted by Gasteiger charge is -2.30. The lowest BCUT2D eigenvalue weighted by molar-refractivity contribution is 0.0911. The van der Waals surface area contributed by atoms with Crippen molar-refractivity contribution in [1.29, 1.82) is 0 Å². The van der Waals surface area contributed by atoms with Crippen molar-refractivity contribution in [2.24, 2.45) is 5.92 Å². The van der Waals surface area contributed by atoms with E-state index in [1.807, 2.05) is 19.1 Å². The maximum absolute atomic E-state index is 12.3. The summed E-state index contributed by atoms with van der Waals surface area (Å²) in [6, 6.07) is 5.61. The molecule has 104 valence electrons. The maximum Gasteiger partial charge on any atom is 0.251 e. The van der Waals surface area contributed by atoms with Gasteiger partial charge in [0, 0.05) is 22.5 Å². The van der Waals surface area contributed by atoms with E-state index in [9.17, 15) is 4.79 Å². The van der Waals surface area contributed by atoms with E-state index in [0.29, 0.717) is 22.4 Å². The van der Waals surface area contributed by atoms with E-state index in [-0.39, 0.29) is 11.9 Å². The third-order valence-corrected chi connectivity index (χ3v) is 4.34. The SMILES string of the molecule is Cc1cc(Cl)cc(C(=O)NC2CCCCC2CCl)c1. The maximum atomic E-state index is 12.3. The summed E-state index contributed by atoms with van der Waals surface area (Å²) >= 11 is 12.0. The summed E-state index contributed by atoms with van der Waals surface area (Å²) in [5, 5.41) is 3.71. The predicted molar refractivity (Wildman–Crippen MR) is 80.1 cm³/mol. The minimum Gasteiger partial charge on any atom is -0.349 e. The van der Waals surface area contributed by atoms with E-state index in [1.165, 1.54) is 6.42 Å². The van der Waals surface area contributed by atoms with E-state index in [2.05, 4.69) is 5.32 Å². The molecule has 0 saturated heterocycles. The molecule has 1 aliphatic carbocycles. The third kappa shape index (κ3) is 3.87. The van der Waals surface area contributed by atoms with Crippen molar-refractivity contribution < 1.29 is 4.79 Å². The molecule has 1 aliphatic rings. The Hall–Kier alpha value is -0.730. The van der Waals surface area contributed by atoms with Crippen LogP contribution in [-0.4, -0.2) is 17.8 Å². The van der Waals surface area contributed by atoms with Crippen LogP contribution in [-0.2, 0) is 0 Å². The number of halogens is 2. The molecule has 0 heterocycles. The van der Waals surface area contributed by atoms with Gasteiger partial charge in [-0.1, -0.05) is 24.4 Å². The second kappa shape index (κ2) is 6.62. The highest BCUT2D eigenvalue weighted by molar-refractivity contribution is 6.31. The lowest BCUT2D eigenvalue weighted by Crippen LogP contribution is -2.42. The van der Waals surface area contributed by atoms with Gasteiger partial charge in [-0.05, 0) is 49.4 Å². The standard InChI is InChI=1S/C15H19Cl2NO/c1-10-6-12(8-13(17)7-10)15(19)18-14-5-3-2-4-11(14)9-16/h6-8,11,14H,2-5,9H2,1H3,(H,18,19). The van der Waals surface area contributed by atoms with Gasteiger partial charge >= 0.3 is 0 Å². The number of benzene rings is 1. The van der Waals surface area contributed by atoms with Crippen LogP contribution in [0.2, 0.25) is 5.02 Å². The minimum atomic E-state index is -0.0485. The van der Waals surface area contributed by atoms with Crippen molar-refractivity contribution in [3.8, 4) is 0 Å². The van der Waals surface area contributed by atoms with Crippen LogP contribution in [0.15, 0.2) is 18.2 Å². The molecular weight excluding hydrogens is 281 g/mol. The minimum absolute atomic E-state index is 0.0485. The molecule has 2 unspecified atom stereocenters. The molecule has 0 radical (unpaired) electrons. The molecule has 1 fully saturated rings. The molecule has 2 rings (SSSR count). The number of aryl methyl sites for hydroxylation is 1. The molecule has 1 saturated carbocycles. The quantitative estimate of drug-likeness (QED) is 0.834. The fourth-order valence-electron chi connectivity index (χ4n) is 2.70. The number of hydrogen-bond acceptors (Lipinski definition) is 1. The van der Waals surface area contributed by atoms with Crippen LogP contribution in [0.25, 0.3) is 0 Å². The largest absolute Gasteiger partial charge is 0.349 e. The molecule has 19 heavy (non-hydrogen) atoms. The van der Waals surface area contributed by atoms with Crippen molar-refractivity contribution in [2.45, 2.75) is 38.6 Å². The summed E-state index contributed by atoms with van der Waals surface area (Å²) in [6.07, 6.45) is 4.48. The van der Waals surface area contributed by atoms with Crippen LogP contribution in [0.1, 0.15) is 41.6 Å². The summed E-state index contributed by atoms with van der Waals surface area (Å²) in [7, 11) is 0. The number of amides is 1. The first-order valence-electron chi connectivity index (χ1n) is 6.74.